The predicted octanol–water partition coefficient (Wildman–Crippen LogP) is 4.72. The van der Waals surface area contributed by atoms with Crippen LogP contribution >= 0.6 is 15.9 Å². The third kappa shape index (κ3) is 3.87. The highest BCUT2D eigenvalue weighted by Gasteiger charge is 2.17. The van der Waals surface area contributed by atoms with Crippen LogP contribution in [0.1, 0.15) is 37.1 Å². The number of hydrogen-bond donors (Lipinski definition) is 0. The van der Waals surface area contributed by atoms with E-state index in [1.54, 1.807) is 13.2 Å². The molecule has 0 saturated heterocycles. The monoisotopic (exact) mass is 318 g/mol. The van der Waals surface area contributed by atoms with E-state index in [1.165, 1.54) is 13.2 Å². The lowest BCUT2D eigenvalue weighted by Gasteiger charge is -2.15. The van der Waals surface area contributed by atoms with Gasteiger partial charge in [0, 0.05) is 16.5 Å². The lowest BCUT2D eigenvalue weighted by Crippen LogP contribution is -2.00. The van der Waals surface area contributed by atoms with Crippen LogP contribution in [0.2, 0.25) is 0 Å². The van der Waals surface area contributed by atoms with E-state index in [0.29, 0.717) is 23.0 Å². The molecule has 0 aliphatic rings. The van der Waals surface area contributed by atoms with Crippen molar-refractivity contribution in [1.29, 1.82) is 0 Å². The maximum absolute atomic E-state index is 14.0. The van der Waals surface area contributed by atoms with Crippen LogP contribution in [-0.2, 0) is 0 Å². The molecule has 0 heterocycles. The van der Waals surface area contributed by atoms with Crippen molar-refractivity contribution in [2.45, 2.75) is 31.5 Å². The van der Waals surface area contributed by atoms with E-state index in [4.69, 9.17) is 9.47 Å². The Labute approximate surface area is 117 Å². The smallest absolute Gasteiger partial charge is 0.163 e. The minimum absolute atomic E-state index is 0.000272. The molecule has 1 atom stereocenters. The minimum Gasteiger partial charge on any atom is -0.493 e. The van der Waals surface area contributed by atoms with E-state index < -0.39 is 0 Å². The first-order chi connectivity index (χ1) is 8.49. The van der Waals surface area contributed by atoms with Crippen molar-refractivity contribution in [2.24, 2.45) is 5.92 Å². The molecule has 0 spiro atoms. The summed E-state index contributed by atoms with van der Waals surface area (Å²) in [4.78, 5) is -0.000272. The minimum atomic E-state index is -0.265. The number of benzene rings is 1. The Morgan fingerprint density at radius 2 is 1.67 bits per heavy atom. The number of ether oxygens (including phenoxy) is 2. The van der Waals surface area contributed by atoms with E-state index in [-0.39, 0.29) is 10.6 Å². The van der Waals surface area contributed by atoms with Gasteiger partial charge in [-0.2, -0.15) is 0 Å². The van der Waals surface area contributed by atoms with Gasteiger partial charge in [-0.05, 0) is 24.8 Å². The summed E-state index contributed by atoms with van der Waals surface area (Å²) < 4.78 is 24.2. The van der Waals surface area contributed by atoms with Gasteiger partial charge in [-0.3, -0.25) is 0 Å². The van der Waals surface area contributed by atoms with Crippen LogP contribution in [0.15, 0.2) is 12.1 Å². The predicted molar refractivity (Wildman–Crippen MR) is 75.2 cm³/mol. The van der Waals surface area contributed by atoms with Crippen molar-refractivity contribution in [3.8, 4) is 11.5 Å². The average Bonchev–Trinajstić information content (AvgIpc) is 2.35. The fourth-order valence-corrected chi connectivity index (χ4v) is 2.36. The second-order valence-electron chi connectivity index (χ2n) is 4.67. The fraction of sp³-hybridized carbons (Fsp3) is 0.571. The lowest BCUT2D eigenvalue weighted by atomic mass is 10.0. The first kappa shape index (κ1) is 15.3. The molecule has 0 saturated carbocycles. The summed E-state index contributed by atoms with van der Waals surface area (Å²) in [7, 11) is 3.05. The van der Waals surface area contributed by atoms with Gasteiger partial charge in [-0.25, -0.2) is 4.39 Å². The van der Waals surface area contributed by atoms with Crippen LogP contribution < -0.4 is 9.47 Å². The third-order valence-electron chi connectivity index (χ3n) is 2.84. The van der Waals surface area contributed by atoms with Gasteiger partial charge in [0.25, 0.3) is 0 Å². The van der Waals surface area contributed by atoms with Gasteiger partial charge < -0.3 is 9.47 Å². The zero-order valence-corrected chi connectivity index (χ0v) is 12.9. The standard InChI is InChI=1S/C14H20BrFO2/c1-9(2)5-6-11(15)10-7-13(17-3)14(18-4)8-12(10)16/h7-9,11H,5-6H2,1-4H3. The summed E-state index contributed by atoms with van der Waals surface area (Å²) in [5.74, 6) is 1.32. The van der Waals surface area contributed by atoms with E-state index >= 15 is 0 Å². The number of hydrogen-bond acceptors (Lipinski definition) is 2. The maximum Gasteiger partial charge on any atom is 0.163 e. The molecule has 1 unspecified atom stereocenters. The third-order valence-corrected chi connectivity index (χ3v) is 3.79. The first-order valence-electron chi connectivity index (χ1n) is 6.05. The summed E-state index contributed by atoms with van der Waals surface area (Å²) in [5.41, 5.74) is 0.619. The second-order valence-corrected chi connectivity index (χ2v) is 5.77. The van der Waals surface area contributed by atoms with E-state index in [9.17, 15) is 4.39 Å². The van der Waals surface area contributed by atoms with Gasteiger partial charge in [-0.15, -0.1) is 0 Å². The molecule has 0 radical (unpaired) electrons. The van der Waals surface area contributed by atoms with Gasteiger partial charge in [0.15, 0.2) is 11.5 Å². The summed E-state index contributed by atoms with van der Waals surface area (Å²) in [5, 5.41) is 0. The van der Waals surface area contributed by atoms with Gasteiger partial charge in [0.1, 0.15) is 5.82 Å². The molecular formula is C14H20BrFO2. The highest BCUT2D eigenvalue weighted by Crippen LogP contribution is 2.37. The van der Waals surface area contributed by atoms with Crippen molar-refractivity contribution in [3.05, 3.63) is 23.5 Å². The topological polar surface area (TPSA) is 18.5 Å². The molecule has 0 aromatic heterocycles. The van der Waals surface area contributed by atoms with E-state index in [1.807, 2.05) is 0 Å². The zero-order chi connectivity index (χ0) is 13.7. The van der Waals surface area contributed by atoms with Crippen LogP contribution in [0, 0.1) is 11.7 Å². The normalized spacial score (nSPS) is 12.6. The van der Waals surface area contributed by atoms with Crippen molar-refractivity contribution in [2.75, 3.05) is 14.2 Å². The highest BCUT2D eigenvalue weighted by molar-refractivity contribution is 9.09. The van der Waals surface area contributed by atoms with Crippen LogP contribution in [-0.4, -0.2) is 14.2 Å². The molecule has 0 amide bonds. The molecule has 1 aromatic carbocycles. The Morgan fingerprint density at radius 3 is 2.17 bits per heavy atom. The van der Waals surface area contributed by atoms with E-state index in [2.05, 4.69) is 29.8 Å². The van der Waals surface area contributed by atoms with Crippen molar-refractivity contribution < 1.29 is 13.9 Å². The molecular weight excluding hydrogens is 299 g/mol. The molecule has 0 aliphatic heterocycles. The van der Waals surface area contributed by atoms with E-state index in [0.717, 1.165) is 12.8 Å². The number of rotatable bonds is 6. The summed E-state index contributed by atoms with van der Waals surface area (Å²) in [6.07, 6.45) is 1.94. The summed E-state index contributed by atoms with van der Waals surface area (Å²) in [6, 6.07) is 3.08. The Hall–Kier alpha value is -0.770. The fourth-order valence-electron chi connectivity index (χ4n) is 1.75. The molecule has 1 rings (SSSR count). The van der Waals surface area contributed by atoms with Crippen LogP contribution in [0.25, 0.3) is 0 Å². The number of halogens is 2. The molecule has 0 aliphatic carbocycles. The molecule has 0 fully saturated rings. The summed E-state index contributed by atoms with van der Waals surface area (Å²) in [6.45, 7) is 4.31. The molecule has 2 nitrogen and oxygen atoms in total. The lowest BCUT2D eigenvalue weighted by molar-refractivity contribution is 0.351. The number of methoxy groups -OCH3 is 2. The average molecular weight is 319 g/mol. The van der Waals surface area contributed by atoms with Gasteiger partial charge in [-0.1, -0.05) is 29.8 Å². The molecule has 4 heteroatoms. The van der Waals surface area contributed by atoms with Crippen LogP contribution in [0.3, 0.4) is 0 Å². The second kappa shape index (κ2) is 6.98. The Balaban J connectivity index is 2.94. The Kier molecular flexibility index (Phi) is 5.93. The van der Waals surface area contributed by atoms with Crippen LogP contribution in [0.5, 0.6) is 11.5 Å². The van der Waals surface area contributed by atoms with Gasteiger partial charge >= 0.3 is 0 Å². The van der Waals surface area contributed by atoms with Gasteiger partial charge in [0.05, 0.1) is 14.2 Å². The Morgan fingerprint density at radius 1 is 1.11 bits per heavy atom. The molecule has 1 aromatic rings. The largest absolute Gasteiger partial charge is 0.493 e. The number of alkyl halides is 1. The molecule has 0 bridgehead atoms. The quantitative estimate of drug-likeness (QED) is 0.707. The highest BCUT2D eigenvalue weighted by atomic mass is 79.9. The zero-order valence-electron chi connectivity index (χ0n) is 11.3. The summed E-state index contributed by atoms with van der Waals surface area (Å²) >= 11 is 3.54. The molecule has 18 heavy (non-hydrogen) atoms. The SMILES string of the molecule is COc1cc(F)c(C(Br)CCC(C)C)cc1OC. The molecule has 102 valence electrons. The van der Waals surface area contributed by atoms with Gasteiger partial charge in [0.2, 0.25) is 0 Å². The van der Waals surface area contributed by atoms with Crippen molar-refractivity contribution in [3.63, 3.8) is 0 Å². The Bertz CT molecular complexity index is 394. The van der Waals surface area contributed by atoms with Crippen molar-refractivity contribution in [1.82, 2.24) is 0 Å². The molecule has 0 N–H and O–H groups in total. The van der Waals surface area contributed by atoms with Crippen LogP contribution in [0.4, 0.5) is 4.39 Å². The van der Waals surface area contributed by atoms with Crippen molar-refractivity contribution >= 4 is 15.9 Å². The first-order valence-corrected chi connectivity index (χ1v) is 6.96. The maximum atomic E-state index is 14.0.